The number of halogens is 2. The van der Waals surface area contributed by atoms with E-state index >= 15 is 0 Å². The molecule has 0 unspecified atom stereocenters. The van der Waals surface area contributed by atoms with Gasteiger partial charge in [0, 0.05) is 12.3 Å². The molecule has 0 atom stereocenters. The van der Waals surface area contributed by atoms with E-state index in [1.54, 1.807) is 24.3 Å². The number of carbonyl (C=O) groups excluding carboxylic acids is 1. The maximum atomic E-state index is 14.0. The first-order valence-electron chi connectivity index (χ1n) is 6.79. The zero-order valence-corrected chi connectivity index (χ0v) is 12.4. The molecule has 0 fully saturated rings. The van der Waals surface area contributed by atoms with Gasteiger partial charge in [0.05, 0.1) is 12.6 Å². The average molecular weight is 321 g/mol. The van der Waals surface area contributed by atoms with E-state index in [-0.39, 0.29) is 5.52 Å². The van der Waals surface area contributed by atoms with Crippen molar-refractivity contribution in [2.45, 2.75) is 19.4 Å². The molecule has 2 heterocycles. The van der Waals surface area contributed by atoms with Crippen LogP contribution in [0, 0.1) is 0 Å². The zero-order chi connectivity index (χ0) is 16.8. The molecule has 0 amide bonds. The molecule has 0 saturated heterocycles. The Balaban J connectivity index is 2.42. The summed E-state index contributed by atoms with van der Waals surface area (Å²) in [4.78, 5) is 23.8. The van der Waals surface area contributed by atoms with Gasteiger partial charge < -0.3 is 4.74 Å². The molecule has 0 aliphatic carbocycles. The summed E-state index contributed by atoms with van der Waals surface area (Å²) < 4.78 is 34.3. The molecular formula is C15H13F2N3O3. The molecule has 120 valence electrons. The van der Waals surface area contributed by atoms with Crippen LogP contribution in [0.2, 0.25) is 0 Å². The summed E-state index contributed by atoms with van der Waals surface area (Å²) in [5.74, 6) is -4.66. The Bertz CT molecular complexity index is 970. The Morgan fingerprint density at radius 2 is 2.00 bits per heavy atom. The molecule has 0 N–H and O–H groups in total. The van der Waals surface area contributed by atoms with Crippen molar-refractivity contribution < 1.29 is 18.3 Å². The van der Waals surface area contributed by atoms with E-state index in [0.717, 1.165) is 11.5 Å². The number of aromatic nitrogens is 3. The fourth-order valence-corrected chi connectivity index (χ4v) is 2.46. The second kappa shape index (κ2) is 5.15. The van der Waals surface area contributed by atoms with Gasteiger partial charge in [0.25, 0.3) is 5.56 Å². The minimum Gasteiger partial charge on any atom is -0.468 e. The molecule has 6 nitrogen and oxygen atoms in total. The predicted octanol–water partition coefficient (Wildman–Crippen LogP) is 1.93. The fourth-order valence-electron chi connectivity index (χ4n) is 2.46. The van der Waals surface area contributed by atoms with Gasteiger partial charge in [-0.05, 0) is 12.1 Å². The van der Waals surface area contributed by atoms with Gasteiger partial charge in [0.2, 0.25) is 5.82 Å². The minimum absolute atomic E-state index is 0.0293. The number of fused-ring (bicyclic) bond motifs is 3. The standard InChI is InChI=1S/C15H13F2N3O3/c1-15(16,17)14-18-19(8-12(21)23-2)13(22)11-7-9-5-3-4-6-10(9)20(11)14/h3-7H,8H2,1-2H3. The molecular weight excluding hydrogens is 308 g/mol. The number of nitrogens with zero attached hydrogens (tertiary/aromatic N) is 3. The van der Waals surface area contributed by atoms with Crippen molar-refractivity contribution >= 4 is 22.4 Å². The summed E-state index contributed by atoms with van der Waals surface area (Å²) in [5, 5.41) is 4.33. The fraction of sp³-hybridized carbons (Fsp3) is 0.267. The molecule has 8 heteroatoms. The maximum Gasteiger partial charge on any atom is 0.327 e. The number of benzene rings is 1. The lowest BCUT2D eigenvalue weighted by molar-refractivity contribution is -0.141. The molecule has 0 radical (unpaired) electrons. The van der Waals surface area contributed by atoms with Crippen molar-refractivity contribution in [1.82, 2.24) is 14.2 Å². The summed E-state index contributed by atoms with van der Waals surface area (Å²) >= 11 is 0. The van der Waals surface area contributed by atoms with E-state index in [0.29, 0.717) is 22.5 Å². The summed E-state index contributed by atoms with van der Waals surface area (Å²) in [6.45, 7) is 0.160. The number of hydrogen-bond donors (Lipinski definition) is 0. The number of rotatable bonds is 3. The van der Waals surface area contributed by atoms with Crippen molar-refractivity contribution in [3.63, 3.8) is 0 Å². The van der Waals surface area contributed by atoms with Gasteiger partial charge in [-0.3, -0.25) is 14.0 Å². The second-order valence-electron chi connectivity index (χ2n) is 5.17. The highest BCUT2D eigenvalue weighted by molar-refractivity contribution is 5.87. The Labute approximate surface area is 128 Å². The largest absolute Gasteiger partial charge is 0.468 e. The maximum absolute atomic E-state index is 14.0. The highest BCUT2D eigenvalue weighted by Gasteiger charge is 2.32. The van der Waals surface area contributed by atoms with Crippen LogP contribution in [0.5, 0.6) is 0 Å². The third-order valence-electron chi connectivity index (χ3n) is 3.49. The van der Waals surface area contributed by atoms with Gasteiger partial charge in [-0.15, -0.1) is 5.10 Å². The lowest BCUT2D eigenvalue weighted by atomic mass is 10.2. The number of methoxy groups -OCH3 is 1. The third-order valence-corrected chi connectivity index (χ3v) is 3.49. The van der Waals surface area contributed by atoms with E-state index in [2.05, 4.69) is 9.84 Å². The number of para-hydroxylation sites is 1. The average Bonchev–Trinajstić information content (AvgIpc) is 2.88. The molecule has 0 bridgehead atoms. The van der Waals surface area contributed by atoms with Crippen LogP contribution in [0.15, 0.2) is 35.1 Å². The van der Waals surface area contributed by atoms with Crippen LogP contribution < -0.4 is 5.56 Å². The van der Waals surface area contributed by atoms with Crippen molar-refractivity contribution in [3.8, 4) is 0 Å². The topological polar surface area (TPSA) is 65.6 Å². The van der Waals surface area contributed by atoms with Gasteiger partial charge in [0.15, 0.2) is 0 Å². The number of esters is 1. The molecule has 0 aliphatic rings. The number of ether oxygens (including phenoxy) is 1. The molecule has 23 heavy (non-hydrogen) atoms. The summed E-state index contributed by atoms with van der Waals surface area (Å²) in [6.07, 6.45) is 0. The van der Waals surface area contributed by atoms with Crippen LogP contribution >= 0.6 is 0 Å². The predicted molar refractivity (Wildman–Crippen MR) is 78.5 cm³/mol. The highest BCUT2D eigenvalue weighted by atomic mass is 19.3. The first kappa shape index (κ1) is 15.1. The van der Waals surface area contributed by atoms with Crippen molar-refractivity contribution in [2.75, 3.05) is 7.11 Å². The zero-order valence-electron chi connectivity index (χ0n) is 12.4. The normalized spacial score (nSPS) is 12.0. The van der Waals surface area contributed by atoms with Crippen molar-refractivity contribution in [1.29, 1.82) is 0 Å². The van der Waals surface area contributed by atoms with Crippen molar-refractivity contribution in [2.24, 2.45) is 0 Å². The highest BCUT2D eigenvalue weighted by Crippen LogP contribution is 2.28. The number of alkyl halides is 2. The number of carbonyl (C=O) groups is 1. The van der Waals surface area contributed by atoms with E-state index in [1.807, 2.05) is 0 Å². The Kier molecular flexibility index (Phi) is 3.39. The van der Waals surface area contributed by atoms with Gasteiger partial charge in [0.1, 0.15) is 12.1 Å². The first-order chi connectivity index (χ1) is 10.8. The molecule has 0 saturated carbocycles. The Morgan fingerprint density at radius 3 is 2.65 bits per heavy atom. The third kappa shape index (κ3) is 2.45. The molecule has 3 aromatic rings. The Hall–Kier alpha value is -2.77. The van der Waals surface area contributed by atoms with E-state index in [4.69, 9.17) is 0 Å². The van der Waals surface area contributed by atoms with Crippen LogP contribution in [0.25, 0.3) is 16.4 Å². The Morgan fingerprint density at radius 1 is 1.30 bits per heavy atom. The molecule has 2 aromatic heterocycles. The van der Waals surface area contributed by atoms with Crippen LogP contribution in [-0.2, 0) is 22.0 Å². The molecule has 0 aliphatic heterocycles. The van der Waals surface area contributed by atoms with Gasteiger partial charge in [-0.2, -0.15) is 8.78 Å². The van der Waals surface area contributed by atoms with Crippen LogP contribution in [-0.4, -0.2) is 27.3 Å². The lowest BCUT2D eigenvalue weighted by Gasteiger charge is -2.15. The van der Waals surface area contributed by atoms with Gasteiger partial charge in [-0.25, -0.2) is 4.68 Å². The van der Waals surface area contributed by atoms with Crippen LogP contribution in [0.1, 0.15) is 12.7 Å². The molecule has 0 spiro atoms. The lowest BCUT2D eigenvalue weighted by Crippen LogP contribution is -2.32. The number of hydrogen-bond acceptors (Lipinski definition) is 4. The van der Waals surface area contributed by atoms with Gasteiger partial charge >= 0.3 is 11.9 Å². The summed E-state index contributed by atoms with van der Waals surface area (Å²) in [5.41, 5.74) is -0.157. The molecule has 1 aromatic carbocycles. The monoisotopic (exact) mass is 321 g/mol. The van der Waals surface area contributed by atoms with Crippen molar-refractivity contribution in [3.05, 3.63) is 46.5 Å². The van der Waals surface area contributed by atoms with E-state index in [9.17, 15) is 18.4 Å². The van der Waals surface area contributed by atoms with Gasteiger partial charge in [-0.1, -0.05) is 18.2 Å². The summed E-state index contributed by atoms with van der Waals surface area (Å²) in [7, 11) is 1.15. The first-order valence-corrected chi connectivity index (χ1v) is 6.79. The van der Waals surface area contributed by atoms with E-state index in [1.165, 1.54) is 6.07 Å². The minimum atomic E-state index is -3.30. The van der Waals surface area contributed by atoms with Crippen LogP contribution in [0.3, 0.4) is 0 Å². The smallest absolute Gasteiger partial charge is 0.327 e. The second-order valence-corrected chi connectivity index (χ2v) is 5.17. The molecule has 3 rings (SSSR count). The SMILES string of the molecule is COC(=O)Cn1nc(C(C)(F)F)n2c(cc3ccccc32)c1=O. The summed E-state index contributed by atoms with van der Waals surface area (Å²) in [6, 6.07) is 8.27. The van der Waals surface area contributed by atoms with E-state index < -0.39 is 29.8 Å². The quantitative estimate of drug-likeness (QED) is 0.692. The van der Waals surface area contributed by atoms with Crippen LogP contribution in [0.4, 0.5) is 8.78 Å².